The average molecular weight is 558 g/mol. The molecule has 0 aromatic heterocycles. The molecule has 2 unspecified atom stereocenters. The molecule has 0 spiro atoms. The molecule has 1 aliphatic carbocycles. The normalized spacial score (nSPS) is 20.7. The van der Waals surface area contributed by atoms with Gasteiger partial charge >= 0.3 is 18.2 Å². The molecule has 4 atom stereocenters. The summed E-state index contributed by atoms with van der Waals surface area (Å²) in [6, 6.07) is 11.7. The van der Waals surface area contributed by atoms with Gasteiger partial charge in [0.2, 0.25) is 0 Å². The topological polar surface area (TPSA) is 100 Å². The molecule has 1 heterocycles. The lowest BCUT2D eigenvalue weighted by molar-refractivity contribution is -0.150. The number of ether oxygens (including phenoxy) is 2. The van der Waals surface area contributed by atoms with Crippen LogP contribution in [0.15, 0.2) is 48.5 Å². The number of carbonyl (C=O) groups excluding carboxylic acids is 1. The predicted octanol–water partition coefficient (Wildman–Crippen LogP) is 4.29. The van der Waals surface area contributed by atoms with E-state index in [9.17, 15) is 27.9 Å². The Bertz CT molecular complexity index is 1070. The highest BCUT2D eigenvalue weighted by Crippen LogP contribution is 2.45. The predicted molar refractivity (Wildman–Crippen MR) is 137 cm³/mol. The first kappa shape index (κ1) is 29.5. The van der Waals surface area contributed by atoms with E-state index in [1.165, 1.54) is 12.1 Å². The number of halogens is 4. The minimum Gasteiger partial charge on any atom is -0.492 e. The second-order valence-corrected chi connectivity index (χ2v) is 9.20. The number of rotatable bonds is 11. The smallest absolute Gasteiger partial charge is 0.416 e. The van der Waals surface area contributed by atoms with Crippen molar-refractivity contribution in [2.75, 3.05) is 38.2 Å². The molecule has 8 nitrogen and oxygen atoms in total. The van der Waals surface area contributed by atoms with Crippen LogP contribution in [-0.2, 0) is 22.1 Å². The van der Waals surface area contributed by atoms with Crippen molar-refractivity contribution < 1.29 is 37.3 Å². The van der Waals surface area contributed by atoms with E-state index in [0.29, 0.717) is 62.2 Å². The molecule has 2 amide bonds. The third-order valence-corrected chi connectivity index (χ3v) is 6.68. The molecule has 2 aromatic carbocycles. The van der Waals surface area contributed by atoms with Crippen LogP contribution in [-0.4, -0.2) is 67.0 Å². The summed E-state index contributed by atoms with van der Waals surface area (Å²) >= 11 is 0. The Hall–Kier alpha value is -3.02. The van der Waals surface area contributed by atoms with Crippen molar-refractivity contribution in [1.82, 2.24) is 10.2 Å². The molecule has 12 heteroatoms. The van der Waals surface area contributed by atoms with E-state index in [4.69, 9.17) is 9.47 Å². The number of anilines is 1. The summed E-state index contributed by atoms with van der Waals surface area (Å²) in [4.78, 5) is 25.4. The van der Waals surface area contributed by atoms with E-state index < -0.39 is 23.8 Å². The van der Waals surface area contributed by atoms with E-state index in [1.807, 2.05) is 12.1 Å². The number of nitrogens with one attached hydrogen (secondary N) is 2. The highest BCUT2D eigenvalue weighted by molar-refractivity contribution is 5.89. The number of amides is 2. The Morgan fingerprint density at radius 1 is 1.08 bits per heavy atom. The van der Waals surface area contributed by atoms with Gasteiger partial charge in [0.15, 0.2) is 6.10 Å². The van der Waals surface area contributed by atoms with Crippen molar-refractivity contribution in [3.8, 4) is 5.75 Å². The standard InChI is InChI=1S/C26H30F3N3O5.ClH/c1-2-36-22(24(33)34)13-16-3-9-19(10-4-16)37-12-11-30-23-20-14-32(15-21(20)23)25(35)31-18-7-5-17(6-8-18)26(27,28)29;/h3-10,20-23,30H,2,11-15H2,1H3,(H,31,35)(H,33,34);1H/t20-,21?,22-,23?;/m0./s1. The minimum absolute atomic E-state index is 0. The largest absolute Gasteiger partial charge is 0.492 e. The molecule has 4 rings (SSSR count). The molecule has 38 heavy (non-hydrogen) atoms. The van der Waals surface area contributed by atoms with Crippen molar-refractivity contribution in [3.05, 3.63) is 59.7 Å². The van der Waals surface area contributed by atoms with E-state index in [1.54, 1.807) is 24.0 Å². The van der Waals surface area contributed by atoms with Gasteiger partial charge in [-0.15, -0.1) is 12.4 Å². The number of piperidine rings is 1. The van der Waals surface area contributed by atoms with Crippen molar-refractivity contribution in [1.29, 1.82) is 0 Å². The van der Waals surface area contributed by atoms with Gasteiger partial charge in [0.1, 0.15) is 12.4 Å². The molecular weight excluding hydrogens is 527 g/mol. The number of carbonyl (C=O) groups is 2. The molecule has 208 valence electrons. The summed E-state index contributed by atoms with van der Waals surface area (Å²) in [6.07, 6.45) is -4.99. The van der Waals surface area contributed by atoms with Crippen LogP contribution in [0, 0.1) is 11.8 Å². The van der Waals surface area contributed by atoms with Gasteiger partial charge in [-0.3, -0.25) is 0 Å². The molecule has 3 N–H and O–H groups in total. The summed E-state index contributed by atoms with van der Waals surface area (Å²) in [5.41, 5.74) is 0.424. The average Bonchev–Trinajstić information content (AvgIpc) is 3.29. The molecule has 1 saturated heterocycles. The third kappa shape index (κ3) is 7.52. The molecule has 0 radical (unpaired) electrons. The third-order valence-electron chi connectivity index (χ3n) is 6.68. The minimum atomic E-state index is -4.41. The monoisotopic (exact) mass is 557 g/mol. The molecule has 1 aliphatic heterocycles. The number of alkyl halides is 3. The van der Waals surface area contributed by atoms with Crippen molar-refractivity contribution >= 4 is 30.1 Å². The van der Waals surface area contributed by atoms with Crippen molar-refractivity contribution in [2.45, 2.75) is 31.7 Å². The Morgan fingerprint density at radius 2 is 1.71 bits per heavy atom. The number of fused-ring (bicyclic) bond motifs is 1. The lowest BCUT2D eigenvalue weighted by Gasteiger charge is -2.21. The summed E-state index contributed by atoms with van der Waals surface area (Å²) in [6.45, 7) is 4.39. The number of benzene rings is 2. The van der Waals surface area contributed by atoms with Crippen LogP contribution in [0.25, 0.3) is 0 Å². The molecule has 2 aromatic rings. The highest BCUT2D eigenvalue weighted by atomic mass is 35.5. The lowest BCUT2D eigenvalue weighted by atomic mass is 10.1. The maximum absolute atomic E-state index is 12.7. The van der Waals surface area contributed by atoms with Crippen LogP contribution >= 0.6 is 12.4 Å². The Labute approximate surface area is 224 Å². The summed E-state index contributed by atoms with van der Waals surface area (Å²) in [7, 11) is 0. The Morgan fingerprint density at radius 3 is 2.26 bits per heavy atom. The first-order chi connectivity index (χ1) is 17.7. The van der Waals surface area contributed by atoms with Gasteiger partial charge in [0.25, 0.3) is 0 Å². The maximum Gasteiger partial charge on any atom is 0.416 e. The summed E-state index contributed by atoms with van der Waals surface area (Å²) in [5.74, 6) is 0.409. The number of carboxylic acids is 1. The Kier molecular flexibility index (Phi) is 9.86. The fraction of sp³-hybridized carbons (Fsp3) is 0.462. The van der Waals surface area contributed by atoms with E-state index >= 15 is 0 Å². The first-order valence-electron chi connectivity index (χ1n) is 12.2. The van der Waals surface area contributed by atoms with Crippen molar-refractivity contribution in [2.24, 2.45) is 11.8 Å². The number of carboxylic acid groups (broad SMARTS) is 1. The van der Waals surface area contributed by atoms with Crippen LogP contribution in [0.2, 0.25) is 0 Å². The van der Waals surface area contributed by atoms with Gasteiger partial charge in [-0.05, 0) is 60.7 Å². The van der Waals surface area contributed by atoms with Crippen LogP contribution in [0.4, 0.5) is 23.7 Å². The molecule has 2 aliphatic rings. The first-order valence-corrected chi connectivity index (χ1v) is 12.2. The SMILES string of the molecule is CCO[C@@H](Cc1ccc(OCCNC2C3CN(C(=O)Nc4ccc(C(F)(F)F)cc4)C[C@@H]32)cc1)C(=O)O.Cl. The van der Waals surface area contributed by atoms with Crippen LogP contribution in [0.5, 0.6) is 5.75 Å². The number of hydrogen-bond donors (Lipinski definition) is 3. The number of hydrogen-bond acceptors (Lipinski definition) is 5. The zero-order valence-electron chi connectivity index (χ0n) is 20.7. The van der Waals surface area contributed by atoms with Gasteiger partial charge in [-0.2, -0.15) is 13.2 Å². The summed E-state index contributed by atoms with van der Waals surface area (Å²) in [5, 5.41) is 15.3. The number of likely N-dealkylation sites (tertiary alicyclic amines) is 1. The van der Waals surface area contributed by atoms with Gasteiger partial charge in [0, 0.05) is 44.4 Å². The number of nitrogens with zero attached hydrogens (tertiary/aromatic N) is 1. The van der Waals surface area contributed by atoms with Gasteiger partial charge < -0.3 is 30.1 Å². The van der Waals surface area contributed by atoms with Crippen LogP contribution < -0.4 is 15.4 Å². The number of urea groups is 1. The highest BCUT2D eigenvalue weighted by Gasteiger charge is 2.56. The van der Waals surface area contributed by atoms with Crippen molar-refractivity contribution in [3.63, 3.8) is 0 Å². The van der Waals surface area contributed by atoms with E-state index in [-0.39, 0.29) is 24.9 Å². The quantitative estimate of drug-likeness (QED) is 0.357. The lowest BCUT2D eigenvalue weighted by Crippen LogP contribution is -2.38. The fourth-order valence-electron chi connectivity index (χ4n) is 4.69. The molecular formula is C26H31ClF3N3O5. The van der Waals surface area contributed by atoms with Gasteiger partial charge in [-0.1, -0.05) is 12.1 Å². The van der Waals surface area contributed by atoms with Crippen LogP contribution in [0.1, 0.15) is 18.1 Å². The van der Waals surface area contributed by atoms with Crippen LogP contribution in [0.3, 0.4) is 0 Å². The molecule has 2 fully saturated rings. The summed E-state index contributed by atoms with van der Waals surface area (Å²) < 4.78 is 49.0. The fourth-order valence-corrected chi connectivity index (χ4v) is 4.69. The van der Waals surface area contributed by atoms with Gasteiger partial charge in [-0.25, -0.2) is 9.59 Å². The zero-order valence-corrected chi connectivity index (χ0v) is 21.6. The van der Waals surface area contributed by atoms with E-state index in [0.717, 1.165) is 17.7 Å². The Balaban J connectivity index is 0.00000400. The molecule has 1 saturated carbocycles. The zero-order chi connectivity index (χ0) is 26.6. The second kappa shape index (κ2) is 12.7. The van der Waals surface area contributed by atoms with Gasteiger partial charge in [0.05, 0.1) is 5.56 Å². The van der Waals surface area contributed by atoms with E-state index in [2.05, 4.69) is 10.6 Å². The maximum atomic E-state index is 12.7. The number of aliphatic carboxylic acids is 1. The second-order valence-electron chi connectivity index (χ2n) is 9.20. The molecule has 0 bridgehead atoms.